The van der Waals surface area contributed by atoms with E-state index >= 15 is 0 Å². The lowest BCUT2D eigenvalue weighted by molar-refractivity contribution is -0.119. The maximum atomic E-state index is 10.5. The van der Waals surface area contributed by atoms with Crippen molar-refractivity contribution in [3.05, 3.63) is 0 Å². The summed E-state index contributed by atoms with van der Waals surface area (Å²) in [5.74, 6) is -0.404. The largest absolute Gasteiger partial charge is 0.370 e. The highest BCUT2D eigenvalue weighted by Gasteiger charge is 2.27. The minimum Gasteiger partial charge on any atom is -0.370 e. The van der Waals surface area contributed by atoms with E-state index in [1.807, 2.05) is 6.92 Å². The summed E-state index contributed by atoms with van der Waals surface area (Å²) in [6, 6.07) is -0.171. The minimum atomic E-state index is -0.666. The molecular weight excluding hydrogens is 142 g/mol. The molecule has 2 atom stereocenters. The fourth-order valence-corrected chi connectivity index (χ4v) is 0.973. The van der Waals surface area contributed by atoms with Gasteiger partial charge in [-0.2, -0.15) is 0 Å². The van der Waals surface area contributed by atoms with Crippen LogP contribution in [0.25, 0.3) is 0 Å². The molecule has 0 aromatic rings. The molecule has 0 radical (unpaired) electrons. The molecule has 0 aliphatic carbocycles. The van der Waals surface area contributed by atoms with Crippen LogP contribution in [-0.4, -0.2) is 17.5 Å². The van der Waals surface area contributed by atoms with Gasteiger partial charge in [0.15, 0.2) is 0 Å². The third-order valence-corrected chi connectivity index (χ3v) is 1.84. The van der Waals surface area contributed by atoms with Gasteiger partial charge in [-0.1, -0.05) is 6.92 Å². The molecule has 6 N–H and O–H groups in total. The molecule has 11 heavy (non-hydrogen) atoms. The lowest BCUT2D eigenvalue weighted by atomic mass is 9.88. The Morgan fingerprint density at radius 1 is 1.64 bits per heavy atom. The first kappa shape index (κ1) is 10.4. The number of hydrogen-bond acceptors (Lipinski definition) is 3. The fraction of sp³-hybridized carbons (Fsp3) is 0.857. The van der Waals surface area contributed by atoms with Crippen LogP contribution in [0.2, 0.25) is 0 Å². The van der Waals surface area contributed by atoms with Crippen LogP contribution in [0.3, 0.4) is 0 Å². The average molecular weight is 159 g/mol. The summed E-state index contributed by atoms with van der Waals surface area (Å²) in [5, 5.41) is 0. The van der Waals surface area contributed by atoms with Crippen LogP contribution in [0, 0.1) is 0 Å². The predicted molar refractivity (Wildman–Crippen MR) is 44.7 cm³/mol. The third kappa shape index (κ3) is 3.34. The van der Waals surface area contributed by atoms with Crippen molar-refractivity contribution >= 4 is 5.91 Å². The van der Waals surface area contributed by atoms with E-state index in [0.29, 0.717) is 0 Å². The lowest BCUT2D eigenvalue weighted by Gasteiger charge is -2.29. The van der Waals surface area contributed by atoms with Crippen LogP contribution >= 0.6 is 0 Å². The highest BCUT2D eigenvalue weighted by atomic mass is 16.1. The van der Waals surface area contributed by atoms with Crippen LogP contribution in [0.4, 0.5) is 0 Å². The Labute approximate surface area is 67.1 Å². The molecule has 1 amide bonds. The zero-order valence-electron chi connectivity index (χ0n) is 7.13. The van der Waals surface area contributed by atoms with E-state index in [1.165, 1.54) is 0 Å². The summed E-state index contributed by atoms with van der Waals surface area (Å²) in [4.78, 5) is 10.5. The molecule has 4 nitrogen and oxygen atoms in total. The van der Waals surface area contributed by atoms with Crippen molar-refractivity contribution in [2.75, 3.05) is 0 Å². The molecule has 66 valence electrons. The topological polar surface area (TPSA) is 95.1 Å². The van der Waals surface area contributed by atoms with Crippen molar-refractivity contribution in [3.8, 4) is 0 Å². The maximum absolute atomic E-state index is 10.5. The number of carbonyl (C=O) groups excluding carboxylic acids is 1. The average Bonchev–Trinajstić information content (AvgIpc) is 1.83. The van der Waals surface area contributed by atoms with Crippen LogP contribution < -0.4 is 17.2 Å². The summed E-state index contributed by atoms with van der Waals surface area (Å²) >= 11 is 0. The fourth-order valence-electron chi connectivity index (χ4n) is 0.973. The molecule has 0 heterocycles. The first-order chi connectivity index (χ1) is 4.90. The van der Waals surface area contributed by atoms with E-state index in [1.54, 1.807) is 6.92 Å². The van der Waals surface area contributed by atoms with E-state index in [4.69, 9.17) is 17.2 Å². The Hall–Kier alpha value is -0.610. The van der Waals surface area contributed by atoms with Crippen molar-refractivity contribution < 1.29 is 4.79 Å². The van der Waals surface area contributed by atoms with E-state index in [9.17, 15) is 4.79 Å². The number of primary amides is 1. The van der Waals surface area contributed by atoms with Gasteiger partial charge in [-0.3, -0.25) is 4.79 Å². The molecule has 0 aliphatic heterocycles. The normalized spacial score (nSPS) is 18.9. The van der Waals surface area contributed by atoms with Gasteiger partial charge in [0.1, 0.15) is 0 Å². The standard InChI is InChI=1S/C7H17N3O/c1-3-5(8)7(2,10)4-6(9)11/h5H,3-4,8,10H2,1-2H3,(H2,9,11). The molecule has 0 fully saturated rings. The molecule has 0 aromatic heterocycles. The Morgan fingerprint density at radius 2 is 2.09 bits per heavy atom. The van der Waals surface area contributed by atoms with Gasteiger partial charge in [-0.15, -0.1) is 0 Å². The van der Waals surface area contributed by atoms with Gasteiger partial charge in [0.25, 0.3) is 0 Å². The second kappa shape index (κ2) is 3.69. The van der Waals surface area contributed by atoms with Gasteiger partial charge in [0.2, 0.25) is 5.91 Å². The summed E-state index contributed by atoms with van der Waals surface area (Å²) in [7, 11) is 0. The molecule has 0 saturated heterocycles. The van der Waals surface area contributed by atoms with E-state index in [2.05, 4.69) is 0 Å². The van der Waals surface area contributed by atoms with E-state index < -0.39 is 11.4 Å². The van der Waals surface area contributed by atoms with Crippen LogP contribution in [0.5, 0.6) is 0 Å². The third-order valence-electron chi connectivity index (χ3n) is 1.84. The number of nitrogens with two attached hydrogens (primary N) is 3. The highest BCUT2D eigenvalue weighted by Crippen LogP contribution is 2.11. The molecule has 0 aliphatic rings. The van der Waals surface area contributed by atoms with Gasteiger partial charge >= 0.3 is 0 Å². The van der Waals surface area contributed by atoms with Gasteiger partial charge in [0, 0.05) is 18.0 Å². The summed E-state index contributed by atoms with van der Waals surface area (Å²) < 4.78 is 0. The first-order valence-electron chi connectivity index (χ1n) is 3.73. The Kier molecular flexibility index (Phi) is 3.48. The van der Waals surface area contributed by atoms with Crippen molar-refractivity contribution in [2.45, 2.75) is 38.3 Å². The monoisotopic (exact) mass is 159 g/mol. The molecular formula is C7H17N3O. The van der Waals surface area contributed by atoms with E-state index in [0.717, 1.165) is 6.42 Å². The summed E-state index contributed by atoms with van der Waals surface area (Å²) in [6.07, 6.45) is 0.891. The van der Waals surface area contributed by atoms with Crippen molar-refractivity contribution in [2.24, 2.45) is 17.2 Å². The van der Waals surface area contributed by atoms with Crippen LogP contribution in [0.15, 0.2) is 0 Å². The van der Waals surface area contributed by atoms with Crippen molar-refractivity contribution in [3.63, 3.8) is 0 Å². The predicted octanol–water partition coefficient (Wildman–Crippen LogP) is -0.683. The zero-order valence-corrected chi connectivity index (χ0v) is 7.13. The summed E-state index contributed by atoms with van der Waals surface area (Å²) in [5.41, 5.74) is 15.7. The molecule has 0 saturated carbocycles. The number of amides is 1. The SMILES string of the molecule is CCC(N)C(C)(N)CC(N)=O. The van der Waals surface area contributed by atoms with Gasteiger partial charge in [0.05, 0.1) is 0 Å². The van der Waals surface area contributed by atoms with Crippen molar-refractivity contribution in [1.82, 2.24) is 0 Å². The molecule has 0 aromatic carbocycles. The van der Waals surface area contributed by atoms with Crippen molar-refractivity contribution in [1.29, 1.82) is 0 Å². The Balaban J connectivity index is 4.08. The molecule has 0 bridgehead atoms. The molecule has 0 spiro atoms. The second-order valence-electron chi connectivity index (χ2n) is 3.16. The Morgan fingerprint density at radius 3 is 2.36 bits per heavy atom. The number of carbonyl (C=O) groups is 1. The number of rotatable bonds is 4. The van der Waals surface area contributed by atoms with Gasteiger partial charge < -0.3 is 17.2 Å². The molecule has 0 rings (SSSR count). The van der Waals surface area contributed by atoms with Gasteiger partial charge in [-0.05, 0) is 13.3 Å². The maximum Gasteiger partial charge on any atom is 0.219 e. The van der Waals surface area contributed by atoms with Gasteiger partial charge in [-0.25, -0.2) is 0 Å². The smallest absolute Gasteiger partial charge is 0.219 e. The molecule has 4 heteroatoms. The molecule has 2 unspecified atom stereocenters. The second-order valence-corrected chi connectivity index (χ2v) is 3.16. The minimum absolute atomic E-state index is 0.141. The summed E-state index contributed by atoms with van der Waals surface area (Å²) in [6.45, 7) is 3.67. The van der Waals surface area contributed by atoms with Crippen LogP contribution in [0.1, 0.15) is 26.7 Å². The number of hydrogen-bond donors (Lipinski definition) is 3. The zero-order chi connectivity index (χ0) is 9.07. The Bertz CT molecular complexity index is 145. The quantitative estimate of drug-likeness (QED) is 0.507. The lowest BCUT2D eigenvalue weighted by Crippen LogP contribution is -2.54. The van der Waals surface area contributed by atoms with Crippen LogP contribution in [-0.2, 0) is 4.79 Å². The van der Waals surface area contributed by atoms with E-state index in [-0.39, 0.29) is 12.5 Å². The first-order valence-corrected chi connectivity index (χ1v) is 3.73. The highest BCUT2D eigenvalue weighted by molar-refractivity contribution is 5.75.